The van der Waals surface area contributed by atoms with Gasteiger partial charge in [-0.3, -0.25) is 0 Å². The summed E-state index contributed by atoms with van der Waals surface area (Å²) in [7, 11) is 0. The number of hydrogen-bond acceptors (Lipinski definition) is 4. The molecule has 0 saturated carbocycles. The van der Waals surface area contributed by atoms with Gasteiger partial charge in [0.25, 0.3) is 0 Å². The number of rotatable bonds is 3. The Labute approximate surface area is 122 Å². The van der Waals surface area contributed by atoms with E-state index in [1.165, 1.54) is 16.0 Å². The van der Waals surface area contributed by atoms with Gasteiger partial charge in [0, 0.05) is 23.2 Å². The zero-order chi connectivity index (χ0) is 13.4. The second-order valence-corrected chi connectivity index (χ2v) is 6.03. The molecule has 2 heterocycles. The number of nitrogens with one attached hydrogen (secondary N) is 1. The van der Waals surface area contributed by atoms with Crippen LogP contribution in [0.4, 0.5) is 0 Å². The van der Waals surface area contributed by atoms with Crippen LogP contribution in [-0.4, -0.2) is 12.5 Å². The van der Waals surface area contributed by atoms with Crippen molar-refractivity contribution >= 4 is 11.8 Å². The Bertz CT molecular complexity index is 644. The van der Waals surface area contributed by atoms with Gasteiger partial charge in [-0.1, -0.05) is 24.3 Å². The molecule has 0 aromatic heterocycles. The molecule has 20 heavy (non-hydrogen) atoms. The van der Waals surface area contributed by atoms with E-state index in [2.05, 4.69) is 41.7 Å². The van der Waals surface area contributed by atoms with Gasteiger partial charge in [-0.15, -0.1) is 11.8 Å². The zero-order valence-electron chi connectivity index (χ0n) is 11.0. The fraction of sp³-hybridized carbons (Fsp3) is 0.250. The highest BCUT2D eigenvalue weighted by molar-refractivity contribution is 7.99. The van der Waals surface area contributed by atoms with Crippen LogP contribution in [0.15, 0.2) is 47.4 Å². The molecule has 1 atom stereocenters. The molecule has 1 unspecified atom stereocenters. The molecule has 0 radical (unpaired) electrons. The van der Waals surface area contributed by atoms with Crippen molar-refractivity contribution in [3.63, 3.8) is 0 Å². The van der Waals surface area contributed by atoms with Crippen molar-refractivity contribution in [1.29, 1.82) is 0 Å². The molecular formula is C16H15NO2S. The summed E-state index contributed by atoms with van der Waals surface area (Å²) in [4.78, 5) is 1.40. The molecule has 3 nitrogen and oxygen atoms in total. The van der Waals surface area contributed by atoms with E-state index in [9.17, 15) is 0 Å². The van der Waals surface area contributed by atoms with Crippen molar-refractivity contribution in [3.05, 3.63) is 53.6 Å². The van der Waals surface area contributed by atoms with Gasteiger partial charge in [0.15, 0.2) is 11.5 Å². The van der Waals surface area contributed by atoms with Crippen LogP contribution in [-0.2, 0) is 6.54 Å². The molecule has 2 aromatic carbocycles. The molecule has 2 aliphatic heterocycles. The van der Waals surface area contributed by atoms with Crippen molar-refractivity contribution in [2.45, 2.75) is 17.5 Å². The summed E-state index contributed by atoms with van der Waals surface area (Å²) in [6.45, 7) is 1.18. The maximum atomic E-state index is 5.41. The summed E-state index contributed by atoms with van der Waals surface area (Å²) in [6, 6.07) is 15.2. The van der Waals surface area contributed by atoms with Crippen LogP contribution in [0.1, 0.15) is 17.2 Å². The summed E-state index contributed by atoms with van der Waals surface area (Å²) >= 11 is 1.92. The lowest BCUT2D eigenvalue weighted by Crippen LogP contribution is -2.20. The van der Waals surface area contributed by atoms with Crippen LogP contribution >= 0.6 is 11.8 Å². The van der Waals surface area contributed by atoms with E-state index in [0.29, 0.717) is 12.8 Å². The van der Waals surface area contributed by atoms with Crippen LogP contribution in [0.25, 0.3) is 0 Å². The number of thioether (sulfide) groups is 1. The topological polar surface area (TPSA) is 30.5 Å². The van der Waals surface area contributed by atoms with Crippen molar-refractivity contribution < 1.29 is 9.47 Å². The molecule has 102 valence electrons. The molecule has 4 heteroatoms. The zero-order valence-corrected chi connectivity index (χ0v) is 11.8. The lowest BCUT2D eigenvalue weighted by Gasteiger charge is -2.13. The van der Waals surface area contributed by atoms with Gasteiger partial charge in [0.05, 0.1) is 0 Å². The minimum Gasteiger partial charge on any atom is -0.454 e. The monoisotopic (exact) mass is 285 g/mol. The first kappa shape index (κ1) is 12.1. The first-order valence-corrected chi connectivity index (χ1v) is 7.72. The predicted octanol–water partition coefficient (Wildman–Crippen LogP) is 3.35. The quantitative estimate of drug-likeness (QED) is 0.937. The molecule has 0 aliphatic carbocycles. The third-order valence-corrected chi connectivity index (χ3v) is 4.87. The SMILES string of the molecule is c1ccc2c(c1)SCC2NCc1ccc2c(c1)OCO2. The number of ether oxygens (including phenoxy) is 2. The molecule has 0 bridgehead atoms. The van der Waals surface area contributed by atoms with E-state index in [1.54, 1.807) is 0 Å². The Morgan fingerprint density at radius 2 is 2.00 bits per heavy atom. The second kappa shape index (κ2) is 5.04. The van der Waals surface area contributed by atoms with Gasteiger partial charge in [-0.05, 0) is 29.3 Å². The molecule has 4 rings (SSSR count). The van der Waals surface area contributed by atoms with Crippen molar-refractivity contribution in [1.82, 2.24) is 5.32 Å². The third-order valence-electron chi connectivity index (χ3n) is 3.69. The van der Waals surface area contributed by atoms with E-state index < -0.39 is 0 Å². The minimum absolute atomic E-state index is 0.332. The summed E-state index contributed by atoms with van der Waals surface area (Å²) in [5.41, 5.74) is 2.64. The summed E-state index contributed by atoms with van der Waals surface area (Å²) in [5, 5.41) is 3.63. The average molecular weight is 285 g/mol. The number of benzene rings is 2. The lowest BCUT2D eigenvalue weighted by atomic mass is 10.1. The standard InChI is InChI=1S/C16H15NO2S/c1-2-4-16-12(3-1)13(9-20-16)17-8-11-5-6-14-15(7-11)19-10-18-14/h1-7,13,17H,8-10H2. The Morgan fingerprint density at radius 1 is 1.10 bits per heavy atom. The van der Waals surface area contributed by atoms with Crippen LogP contribution in [0.3, 0.4) is 0 Å². The van der Waals surface area contributed by atoms with E-state index in [4.69, 9.17) is 9.47 Å². The molecule has 0 spiro atoms. The fourth-order valence-electron chi connectivity index (χ4n) is 2.62. The van der Waals surface area contributed by atoms with E-state index in [0.717, 1.165) is 23.8 Å². The highest BCUT2D eigenvalue weighted by Crippen LogP contribution is 2.38. The molecule has 2 aliphatic rings. The van der Waals surface area contributed by atoms with Gasteiger partial charge < -0.3 is 14.8 Å². The smallest absolute Gasteiger partial charge is 0.231 e. The molecule has 1 N–H and O–H groups in total. The van der Waals surface area contributed by atoms with Crippen molar-refractivity contribution in [3.8, 4) is 11.5 Å². The van der Waals surface area contributed by atoms with Gasteiger partial charge in [0.1, 0.15) is 0 Å². The molecule has 2 aromatic rings. The Hall–Kier alpha value is -1.65. The summed E-state index contributed by atoms with van der Waals surface area (Å²) < 4.78 is 10.7. The van der Waals surface area contributed by atoms with Gasteiger partial charge in [-0.2, -0.15) is 0 Å². The summed E-state index contributed by atoms with van der Waals surface area (Å²) in [6.07, 6.45) is 0. The second-order valence-electron chi connectivity index (χ2n) is 4.97. The van der Waals surface area contributed by atoms with E-state index in [1.807, 2.05) is 17.8 Å². The van der Waals surface area contributed by atoms with Crippen LogP contribution < -0.4 is 14.8 Å². The summed E-state index contributed by atoms with van der Waals surface area (Å²) in [5.74, 6) is 2.80. The van der Waals surface area contributed by atoms with E-state index >= 15 is 0 Å². The molecule has 0 saturated heterocycles. The molecular weight excluding hydrogens is 270 g/mol. The minimum atomic E-state index is 0.332. The Kier molecular flexibility index (Phi) is 3.05. The molecule has 0 amide bonds. The van der Waals surface area contributed by atoms with Gasteiger partial charge >= 0.3 is 0 Å². The lowest BCUT2D eigenvalue weighted by molar-refractivity contribution is 0.174. The first-order chi connectivity index (χ1) is 9.90. The first-order valence-electron chi connectivity index (χ1n) is 6.74. The number of fused-ring (bicyclic) bond motifs is 2. The predicted molar refractivity (Wildman–Crippen MR) is 79.3 cm³/mol. The van der Waals surface area contributed by atoms with E-state index in [-0.39, 0.29) is 0 Å². The van der Waals surface area contributed by atoms with Crippen molar-refractivity contribution in [2.24, 2.45) is 0 Å². The average Bonchev–Trinajstić information content (AvgIpc) is 3.11. The number of hydrogen-bond donors (Lipinski definition) is 1. The highest BCUT2D eigenvalue weighted by Gasteiger charge is 2.22. The normalized spacial score (nSPS) is 19.1. The van der Waals surface area contributed by atoms with Crippen molar-refractivity contribution in [2.75, 3.05) is 12.5 Å². The van der Waals surface area contributed by atoms with Gasteiger partial charge in [0.2, 0.25) is 6.79 Å². The molecule has 0 fully saturated rings. The van der Waals surface area contributed by atoms with Crippen LogP contribution in [0.2, 0.25) is 0 Å². The van der Waals surface area contributed by atoms with Gasteiger partial charge in [-0.25, -0.2) is 0 Å². The largest absolute Gasteiger partial charge is 0.454 e. The maximum absolute atomic E-state index is 5.41. The van der Waals surface area contributed by atoms with Crippen LogP contribution in [0.5, 0.6) is 11.5 Å². The fourth-order valence-corrected chi connectivity index (χ4v) is 3.82. The Balaban J connectivity index is 1.46. The Morgan fingerprint density at radius 3 is 3.00 bits per heavy atom. The van der Waals surface area contributed by atoms with Crippen LogP contribution in [0, 0.1) is 0 Å². The third kappa shape index (κ3) is 2.15. The highest BCUT2D eigenvalue weighted by atomic mass is 32.2. The maximum Gasteiger partial charge on any atom is 0.231 e.